The Morgan fingerprint density at radius 3 is 2.76 bits per heavy atom. The molecule has 1 fully saturated rings. The molecule has 3 nitrogen and oxygen atoms in total. The molecule has 1 aromatic carbocycles. The van der Waals surface area contributed by atoms with Crippen molar-refractivity contribution in [3.05, 3.63) is 34.9 Å². The van der Waals surface area contributed by atoms with Gasteiger partial charge in [-0.25, -0.2) is 0 Å². The molecule has 2 rings (SSSR count). The fourth-order valence-electron chi connectivity index (χ4n) is 3.07. The number of halogens is 1. The van der Waals surface area contributed by atoms with Crippen LogP contribution >= 0.6 is 11.6 Å². The molecule has 1 unspecified atom stereocenters. The maximum atomic E-state index is 11.5. The molecule has 0 aromatic heterocycles. The Morgan fingerprint density at radius 1 is 1.43 bits per heavy atom. The van der Waals surface area contributed by atoms with E-state index in [1.807, 2.05) is 25.1 Å². The summed E-state index contributed by atoms with van der Waals surface area (Å²) in [6, 6.07) is 8.07. The number of piperidine rings is 1. The van der Waals surface area contributed by atoms with Crippen molar-refractivity contribution >= 4 is 17.6 Å². The van der Waals surface area contributed by atoms with E-state index < -0.39 is 0 Å². The van der Waals surface area contributed by atoms with E-state index in [4.69, 9.17) is 16.3 Å². The van der Waals surface area contributed by atoms with Crippen molar-refractivity contribution in [3.63, 3.8) is 0 Å². The van der Waals surface area contributed by atoms with Gasteiger partial charge >= 0.3 is 5.97 Å². The average molecular weight is 310 g/mol. The summed E-state index contributed by atoms with van der Waals surface area (Å²) in [5.41, 5.74) is 1.27. The van der Waals surface area contributed by atoms with E-state index >= 15 is 0 Å². The molecule has 4 heteroatoms. The van der Waals surface area contributed by atoms with Crippen LogP contribution < -0.4 is 0 Å². The minimum atomic E-state index is -0.0867. The summed E-state index contributed by atoms with van der Waals surface area (Å²) in [6.07, 6.45) is 3.25. The Morgan fingerprint density at radius 2 is 2.14 bits per heavy atom. The first-order valence-corrected chi connectivity index (χ1v) is 8.01. The smallest absolute Gasteiger partial charge is 0.308 e. The van der Waals surface area contributed by atoms with Crippen molar-refractivity contribution in [2.75, 3.05) is 20.2 Å². The number of benzene rings is 1. The molecule has 1 aliphatic rings. The second-order valence-electron chi connectivity index (χ2n) is 6.01. The SMILES string of the molecule is COC(=O)C(C)CC1CCN(Cc2cccc(Cl)c2)CC1. The summed E-state index contributed by atoms with van der Waals surface area (Å²) in [5, 5.41) is 0.800. The highest BCUT2D eigenvalue weighted by Gasteiger charge is 2.24. The van der Waals surface area contributed by atoms with Gasteiger partial charge in [0.25, 0.3) is 0 Å². The Balaban J connectivity index is 1.77. The number of methoxy groups -OCH3 is 1. The number of esters is 1. The van der Waals surface area contributed by atoms with Crippen molar-refractivity contribution in [2.45, 2.75) is 32.7 Å². The second kappa shape index (κ2) is 7.81. The lowest BCUT2D eigenvalue weighted by Crippen LogP contribution is -2.34. The Labute approximate surface area is 132 Å². The van der Waals surface area contributed by atoms with Crippen LogP contribution in [0.5, 0.6) is 0 Å². The van der Waals surface area contributed by atoms with Gasteiger partial charge in [-0.05, 0) is 56.0 Å². The van der Waals surface area contributed by atoms with Crippen LogP contribution in [0.25, 0.3) is 0 Å². The van der Waals surface area contributed by atoms with Crippen molar-refractivity contribution < 1.29 is 9.53 Å². The molecular formula is C17H24ClNO2. The number of likely N-dealkylation sites (tertiary alicyclic amines) is 1. The number of hydrogen-bond acceptors (Lipinski definition) is 3. The summed E-state index contributed by atoms with van der Waals surface area (Å²) in [6.45, 7) is 5.10. The first kappa shape index (κ1) is 16.3. The van der Waals surface area contributed by atoms with Gasteiger partial charge in [-0.3, -0.25) is 9.69 Å². The van der Waals surface area contributed by atoms with Crippen molar-refractivity contribution in [3.8, 4) is 0 Å². The summed E-state index contributed by atoms with van der Waals surface area (Å²) in [4.78, 5) is 13.9. The Bertz CT molecular complexity index is 470. The predicted molar refractivity (Wildman–Crippen MR) is 85.3 cm³/mol. The van der Waals surface area contributed by atoms with Gasteiger partial charge in [0.2, 0.25) is 0 Å². The normalized spacial score (nSPS) is 18.4. The fraction of sp³-hybridized carbons (Fsp3) is 0.588. The van der Waals surface area contributed by atoms with Crippen molar-refractivity contribution in [1.82, 2.24) is 4.90 Å². The number of carbonyl (C=O) groups excluding carboxylic acids is 1. The van der Waals surface area contributed by atoms with Gasteiger partial charge in [0.05, 0.1) is 13.0 Å². The van der Waals surface area contributed by atoms with E-state index in [0.717, 1.165) is 43.9 Å². The standard InChI is InChI=1S/C17H24ClNO2/c1-13(17(20)21-2)10-14-6-8-19(9-7-14)12-15-4-3-5-16(18)11-15/h3-5,11,13-14H,6-10,12H2,1-2H3. The Kier molecular flexibility index (Phi) is 6.07. The maximum Gasteiger partial charge on any atom is 0.308 e. The van der Waals surface area contributed by atoms with Crippen LogP contribution in [0.1, 0.15) is 31.7 Å². The molecule has 1 aliphatic heterocycles. The predicted octanol–water partition coefficient (Wildman–Crippen LogP) is 3.75. The van der Waals surface area contributed by atoms with E-state index in [0.29, 0.717) is 5.92 Å². The minimum absolute atomic E-state index is 0.0134. The molecule has 0 radical (unpaired) electrons. The monoisotopic (exact) mass is 309 g/mol. The molecule has 0 N–H and O–H groups in total. The molecule has 0 spiro atoms. The lowest BCUT2D eigenvalue weighted by molar-refractivity contribution is -0.145. The van der Waals surface area contributed by atoms with Crippen LogP contribution in [0.15, 0.2) is 24.3 Å². The maximum absolute atomic E-state index is 11.5. The van der Waals surface area contributed by atoms with E-state index in [1.165, 1.54) is 12.7 Å². The topological polar surface area (TPSA) is 29.5 Å². The first-order chi connectivity index (χ1) is 10.1. The Hall–Kier alpha value is -1.06. The molecular weight excluding hydrogens is 286 g/mol. The largest absolute Gasteiger partial charge is 0.469 e. The van der Waals surface area contributed by atoms with Gasteiger partial charge < -0.3 is 4.74 Å². The second-order valence-corrected chi connectivity index (χ2v) is 6.45. The third-order valence-electron chi connectivity index (χ3n) is 4.29. The van der Waals surface area contributed by atoms with Crippen molar-refractivity contribution in [1.29, 1.82) is 0 Å². The third kappa shape index (κ3) is 5.01. The molecule has 21 heavy (non-hydrogen) atoms. The molecule has 0 saturated carbocycles. The van der Waals surface area contributed by atoms with E-state index in [-0.39, 0.29) is 11.9 Å². The van der Waals surface area contributed by atoms with E-state index in [9.17, 15) is 4.79 Å². The molecule has 0 amide bonds. The van der Waals surface area contributed by atoms with Crippen LogP contribution in [-0.4, -0.2) is 31.1 Å². The van der Waals surface area contributed by atoms with Gasteiger partial charge in [-0.2, -0.15) is 0 Å². The lowest BCUT2D eigenvalue weighted by Gasteiger charge is -2.32. The first-order valence-electron chi connectivity index (χ1n) is 7.63. The number of hydrogen-bond donors (Lipinski definition) is 0. The summed E-state index contributed by atoms with van der Waals surface area (Å²) in [5.74, 6) is 0.561. The van der Waals surface area contributed by atoms with E-state index in [1.54, 1.807) is 0 Å². The van der Waals surface area contributed by atoms with Gasteiger partial charge in [0.15, 0.2) is 0 Å². The van der Waals surface area contributed by atoms with Crippen molar-refractivity contribution in [2.24, 2.45) is 11.8 Å². The highest BCUT2D eigenvalue weighted by molar-refractivity contribution is 6.30. The van der Waals surface area contributed by atoms with Gasteiger partial charge in [0, 0.05) is 11.6 Å². The number of carbonyl (C=O) groups is 1. The summed E-state index contributed by atoms with van der Waals surface area (Å²) in [7, 11) is 1.46. The molecule has 1 atom stereocenters. The lowest BCUT2D eigenvalue weighted by atomic mass is 9.88. The van der Waals surface area contributed by atoms with Crippen LogP contribution in [-0.2, 0) is 16.1 Å². The molecule has 1 aromatic rings. The molecule has 1 saturated heterocycles. The van der Waals surface area contributed by atoms with Crippen LogP contribution in [0.4, 0.5) is 0 Å². The summed E-state index contributed by atoms with van der Waals surface area (Å²) >= 11 is 6.02. The number of rotatable bonds is 5. The van der Waals surface area contributed by atoms with E-state index in [2.05, 4.69) is 11.0 Å². The molecule has 116 valence electrons. The zero-order valence-corrected chi connectivity index (χ0v) is 13.6. The molecule has 0 aliphatic carbocycles. The number of nitrogens with zero attached hydrogens (tertiary/aromatic N) is 1. The quantitative estimate of drug-likeness (QED) is 0.776. The fourth-order valence-corrected chi connectivity index (χ4v) is 3.28. The third-order valence-corrected chi connectivity index (χ3v) is 4.53. The van der Waals surface area contributed by atoms with Crippen LogP contribution in [0.3, 0.4) is 0 Å². The van der Waals surface area contributed by atoms with Crippen LogP contribution in [0.2, 0.25) is 5.02 Å². The van der Waals surface area contributed by atoms with Gasteiger partial charge in [-0.1, -0.05) is 30.7 Å². The van der Waals surface area contributed by atoms with Gasteiger partial charge in [0.1, 0.15) is 0 Å². The van der Waals surface area contributed by atoms with Gasteiger partial charge in [-0.15, -0.1) is 0 Å². The summed E-state index contributed by atoms with van der Waals surface area (Å²) < 4.78 is 4.80. The zero-order valence-electron chi connectivity index (χ0n) is 12.8. The molecule has 1 heterocycles. The highest BCUT2D eigenvalue weighted by Crippen LogP contribution is 2.26. The van der Waals surface area contributed by atoms with Crippen LogP contribution in [0, 0.1) is 11.8 Å². The zero-order chi connectivity index (χ0) is 15.2. The number of ether oxygens (including phenoxy) is 1. The minimum Gasteiger partial charge on any atom is -0.469 e. The average Bonchev–Trinajstić information content (AvgIpc) is 2.48. The highest BCUT2D eigenvalue weighted by atomic mass is 35.5. The molecule has 0 bridgehead atoms.